The van der Waals surface area contributed by atoms with Crippen LogP contribution < -0.4 is 10.6 Å². The number of carbonyl (C=O) groups is 2. The maximum Gasteiger partial charge on any atom is 0.333 e. The number of hydrogen-bond acceptors (Lipinski definition) is 4. The van der Waals surface area contributed by atoms with Gasteiger partial charge in [-0.2, -0.15) is 0 Å². The molecule has 5 nitrogen and oxygen atoms in total. The van der Waals surface area contributed by atoms with E-state index in [2.05, 4.69) is 10.6 Å². The SMILES string of the molecule is O=C(C=C1Cc2ccccc2NC1C(=O)OCc1ccccc1)Nc1ccccc1. The third kappa shape index (κ3) is 4.75. The average molecular weight is 398 g/mol. The van der Waals surface area contributed by atoms with Crippen LogP contribution in [0.15, 0.2) is 96.6 Å². The van der Waals surface area contributed by atoms with Crippen molar-refractivity contribution in [3.63, 3.8) is 0 Å². The average Bonchev–Trinajstić information content (AvgIpc) is 2.78. The summed E-state index contributed by atoms with van der Waals surface area (Å²) in [5.74, 6) is -0.689. The summed E-state index contributed by atoms with van der Waals surface area (Å²) in [6, 6.07) is 25.8. The van der Waals surface area contributed by atoms with Gasteiger partial charge >= 0.3 is 5.97 Å². The van der Waals surface area contributed by atoms with Gasteiger partial charge in [0, 0.05) is 17.5 Å². The topological polar surface area (TPSA) is 67.4 Å². The van der Waals surface area contributed by atoms with E-state index < -0.39 is 12.0 Å². The predicted octanol–water partition coefficient (Wildman–Crippen LogP) is 4.33. The van der Waals surface area contributed by atoms with Crippen LogP contribution in [0.1, 0.15) is 11.1 Å². The van der Waals surface area contributed by atoms with Crippen LogP contribution in [0.5, 0.6) is 0 Å². The molecule has 0 saturated heterocycles. The lowest BCUT2D eigenvalue weighted by Crippen LogP contribution is -2.37. The second-order valence-corrected chi connectivity index (χ2v) is 7.08. The first-order valence-corrected chi connectivity index (χ1v) is 9.80. The van der Waals surface area contributed by atoms with Crippen molar-refractivity contribution in [1.82, 2.24) is 0 Å². The van der Waals surface area contributed by atoms with E-state index in [0.29, 0.717) is 17.7 Å². The van der Waals surface area contributed by atoms with Gasteiger partial charge in [-0.1, -0.05) is 66.7 Å². The quantitative estimate of drug-likeness (QED) is 0.496. The molecule has 0 radical (unpaired) electrons. The maximum absolute atomic E-state index is 12.9. The van der Waals surface area contributed by atoms with E-state index in [1.807, 2.05) is 84.9 Å². The van der Waals surface area contributed by atoms with Gasteiger partial charge in [0.05, 0.1) is 0 Å². The van der Waals surface area contributed by atoms with E-state index in [0.717, 1.165) is 16.8 Å². The molecule has 0 aromatic heterocycles. The standard InChI is InChI=1S/C25H22N2O3/c28-23(26-21-12-5-2-6-13-21)16-20-15-19-11-7-8-14-22(19)27-24(20)25(29)30-17-18-9-3-1-4-10-18/h1-14,16,24,27H,15,17H2,(H,26,28). The first kappa shape index (κ1) is 19.5. The number of benzene rings is 3. The lowest BCUT2D eigenvalue weighted by Gasteiger charge is -2.28. The van der Waals surface area contributed by atoms with E-state index in [4.69, 9.17) is 4.74 Å². The fourth-order valence-electron chi connectivity index (χ4n) is 3.41. The predicted molar refractivity (Wildman–Crippen MR) is 117 cm³/mol. The summed E-state index contributed by atoms with van der Waals surface area (Å²) in [5.41, 5.74) is 4.18. The largest absolute Gasteiger partial charge is 0.459 e. The maximum atomic E-state index is 12.9. The minimum atomic E-state index is -0.717. The van der Waals surface area contributed by atoms with Gasteiger partial charge in [-0.3, -0.25) is 4.79 Å². The van der Waals surface area contributed by atoms with Gasteiger partial charge in [-0.25, -0.2) is 4.79 Å². The highest BCUT2D eigenvalue weighted by atomic mass is 16.5. The molecule has 5 heteroatoms. The Labute approximate surface area is 175 Å². The van der Waals surface area contributed by atoms with Crippen LogP contribution >= 0.6 is 0 Å². The molecule has 0 bridgehead atoms. The number of para-hydroxylation sites is 2. The van der Waals surface area contributed by atoms with Crippen LogP contribution in [0, 0.1) is 0 Å². The molecule has 0 aliphatic carbocycles. The van der Waals surface area contributed by atoms with Gasteiger partial charge in [-0.05, 0) is 41.3 Å². The van der Waals surface area contributed by atoms with E-state index in [1.165, 1.54) is 6.08 Å². The van der Waals surface area contributed by atoms with Crippen LogP contribution in [0.25, 0.3) is 0 Å². The first-order chi connectivity index (χ1) is 14.7. The molecule has 1 amide bonds. The normalized spacial score (nSPS) is 16.3. The molecule has 2 N–H and O–H groups in total. The van der Waals surface area contributed by atoms with Gasteiger partial charge in [0.1, 0.15) is 12.6 Å². The Morgan fingerprint density at radius 2 is 1.60 bits per heavy atom. The number of rotatable bonds is 5. The molecule has 3 aromatic rings. The highest BCUT2D eigenvalue weighted by Gasteiger charge is 2.30. The third-order valence-corrected chi connectivity index (χ3v) is 4.90. The molecular formula is C25H22N2O3. The number of carbonyl (C=O) groups excluding carboxylic acids is 2. The summed E-state index contributed by atoms with van der Waals surface area (Å²) in [7, 11) is 0. The summed E-state index contributed by atoms with van der Waals surface area (Å²) in [5, 5.41) is 6.06. The van der Waals surface area contributed by atoms with E-state index in [1.54, 1.807) is 0 Å². The van der Waals surface area contributed by atoms with E-state index in [9.17, 15) is 9.59 Å². The molecule has 30 heavy (non-hydrogen) atoms. The van der Waals surface area contributed by atoms with Crippen molar-refractivity contribution >= 4 is 23.3 Å². The van der Waals surface area contributed by atoms with E-state index >= 15 is 0 Å². The Morgan fingerprint density at radius 1 is 0.933 bits per heavy atom. The number of anilines is 2. The Bertz CT molecular complexity index is 1060. The van der Waals surface area contributed by atoms with Gasteiger partial charge in [0.15, 0.2) is 0 Å². The lowest BCUT2D eigenvalue weighted by atomic mass is 9.92. The van der Waals surface area contributed by atoms with Crippen molar-refractivity contribution in [3.05, 3.63) is 108 Å². The van der Waals surface area contributed by atoms with Gasteiger partial charge < -0.3 is 15.4 Å². The molecule has 0 saturated carbocycles. The van der Waals surface area contributed by atoms with Crippen LogP contribution in [0.4, 0.5) is 11.4 Å². The number of ether oxygens (including phenoxy) is 1. The zero-order valence-corrected chi connectivity index (χ0v) is 16.4. The molecule has 150 valence electrons. The molecule has 1 aliphatic rings. The number of esters is 1. The molecular weight excluding hydrogens is 376 g/mol. The highest BCUT2D eigenvalue weighted by Crippen LogP contribution is 2.29. The Hall–Kier alpha value is -3.86. The zero-order chi connectivity index (χ0) is 20.8. The molecule has 3 aromatic carbocycles. The molecule has 1 heterocycles. The lowest BCUT2D eigenvalue weighted by molar-refractivity contribution is -0.145. The number of hydrogen-bond donors (Lipinski definition) is 2. The second-order valence-electron chi connectivity index (χ2n) is 7.08. The summed E-state index contributed by atoms with van der Waals surface area (Å²) in [6.45, 7) is 0.184. The van der Waals surface area contributed by atoms with Crippen molar-refractivity contribution < 1.29 is 14.3 Å². The second kappa shape index (κ2) is 9.09. The number of nitrogens with one attached hydrogen (secondary N) is 2. The number of fused-ring (bicyclic) bond motifs is 1. The fraction of sp³-hybridized carbons (Fsp3) is 0.120. The Kier molecular flexibility index (Phi) is 5.90. The van der Waals surface area contributed by atoms with E-state index in [-0.39, 0.29) is 12.5 Å². The van der Waals surface area contributed by atoms with Gasteiger partial charge in [0.25, 0.3) is 0 Å². The van der Waals surface area contributed by atoms with Crippen LogP contribution in [0.3, 0.4) is 0 Å². The molecule has 4 rings (SSSR count). The first-order valence-electron chi connectivity index (χ1n) is 9.80. The zero-order valence-electron chi connectivity index (χ0n) is 16.4. The molecule has 0 fully saturated rings. The molecule has 1 aliphatic heterocycles. The summed E-state index contributed by atoms with van der Waals surface area (Å²) in [6.07, 6.45) is 1.99. The molecule has 1 unspecified atom stereocenters. The minimum Gasteiger partial charge on any atom is -0.459 e. The minimum absolute atomic E-state index is 0.184. The third-order valence-electron chi connectivity index (χ3n) is 4.90. The Balaban J connectivity index is 1.53. The van der Waals surface area contributed by atoms with Crippen LogP contribution in [0.2, 0.25) is 0 Å². The van der Waals surface area contributed by atoms with Crippen molar-refractivity contribution in [2.24, 2.45) is 0 Å². The molecule has 1 atom stereocenters. The van der Waals surface area contributed by atoms with Crippen molar-refractivity contribution in [1.29, 1.82) is 0 Å². The summed E-state index contributed by atoms with van der Waals surface area (Å²) < 4.78 is 5.54. The van der Waals surface area contributed by atoms with Gasteiger partial charge in [0.2, 0.25) is 5.91 Å². The van der Waals surface area contributed by atoms with Crippen LogP contribution in [-0.2, 0) is 27.4 Å². The number of amides is 1. The smallest absolute Gasteiger partial charge is 0.333 e. The van der Waals surface area contributed by atoms with Crippen molar-refractivity contribution in [2.75, 3.05) is 10.6 Å². The summed E-state index contributed by atoms with van der Waals surface area (Å²) in [4.78, 5) is 25.4. The fourth-order valence-corrected chi connectivity index (χ4v) is 3.41. The van der Waals surface area contributed by atoms with Crippen LogP contribution in [-0.4, -0.2) is 17.9 Å². The monoisotopic (exact) mass is 398 g/mol. The summed E-state index contributed by atoms with van der Waals surface area (Å²) >= 11 is 0. The van der Waals surface area contributed by atoms with Crippen molar-refractivity contribution in [2.45, 2.75) is 19.1 Å². The van der Waals surface area contributed by atoms with Crippen molar-refractivity contribution in [3.8, 4) is 0 Å². The van der Waals surface area contributed by atoms with Gasteiger partial charge in [-0.15, -0.1) is 0 Å². The Morgan fingerprint density at radius 3 is 2.37 bits per heavy atom. The highest BCUT2D eigenvalue weighted by molar-refractivity contribution is 6.01. The molecule has 0 spiro atoms.